The summed E-state index contributed by atoms with van der Waals surface area (Å²) in [6.45, 7) is 17.6. The molecule has 3 aliphatic carbocycles. The van der Waals surface area contributed by atoms with E-state index in [2.05, 4.69) is 20.8 Å². The Morgan fingerprint density at radius 3 is 2.21 bits per heavy atom. The number of rotatable bonds is 10. The molecular weight excluding hydrogens is 737 g/mol. The molecule has 7 rings (SSSR count). The Bertz CT molecular complexity index is 1770. The largest absolute Gasteiger partial charge is 0.514 e. The van der Waals surface area contributed by atoms with Crippen LogP contribution in [0.5, 0.6) is 11.5 Å². The summed E-state index contributed by atoms with van der Waals surface area (Å²) in [5.74, 6) is -0.504. The molecule has 6 atom stereocenters. The van der Waals surface area contributed by atoms with Crippen molar-refractivity contribution in [3.05, 3.63) is 23.3 Å². The summed E-state index contributed by atoms with van der Waals surface area (Å²) in [6, 6.07) is 2.56. The molecule has 3 saturated heterocycles. The molecule has 6 fully saturated rings. The molecule has 0 unspecified atom stereocenters. The minimum absolute atomic E-state index is 0.000534. The van der Waals surface area contributed by atoms with Crippen LogP contribution in [-0.4, -0.2) is 126 Å². The Kier molecular flexibility index (Phi) is 11.4. The van der Waals surface area contributed by atoms with Gasteiger partial charge in [0.2, 0.25) is 11.8 Å². The van der Waals surface area contributed by atoms with Gasteiger partial charge in [-0.3, -0.25) is 14.5 Å². The number of carboxylic acid groups (broad SMARTS) is 1. The maximum absolute atomic E-state index is 14.0. The van der Waals surface area contributed by atoms with E-state index in [1.54, 1.807) is 72.7 Å². The zero-order valence-corrected chi connectivity index (χ0v) is 35.3. The number of likely N-dealkylation sites (tertiary alicyclic amines) is 2. The lowest BCUT2D eigenvalue weighted by Gasteiger charge is -2.64. The predicted molar refractivity (Wildman–Crippen MR) is 208 cm³/mol. The molecule has 2 bridgehead atoms. The lowest BCUT2D eigenvalue weighted by atomic mass is 9.43. The van der Waals surface area contributed by atoms with Gasteiger partial charge in [0.05, 0.1) is 24.8 Å². The third-order valence-corrected chi connectivity index (χ3v) is 12.3. The predicted octanol–water partition coefficient (Wildman–Crippen LogP) is 5.66. The van der Waals surface area contributed by atoms with Crippen LogP contribution in [0.3, 0.4) is 0 Å². The van der Waals surface area contributed by atoms with Gasteiger partial charge in [-0.1, -0.05) is 19.9 Å². The second-order valence-electron chi connectivity index (χ2n) is 19.5. The Labute approximate surface area is 336 Å². The number of hydrogen-bond donors (Lipinski definition) is 1. The molecule has 16 heteroatoms. The van der Waals surface area contributed by atoms with E-state index in [1.165, 1.54) is 4.90 Å². The molecule has 3 aliphatic heterocycles. The third kappa shape index (κ3) is 8.86. The van der Waals surface area contributed by atoms with Gasteiger partial charge in [-0.2, -0.15) is 0 Å². The van der Waals surface area contributed by atoms with Crippen LogP contribution >= 0.6 is 0 Å². The number of benzene rings is 1. The Morgan fingerprint density at radius 1 is 0.947 bits per heavy atom. The molecule has 0 aromatic heterocycles. The summed E-state index contributed by atoms with van der Waals surface area (Å²) in [7, 11) is 2.66. The molecule has 1 aromatic rings. The minimum Gasteiger partial charge on any atom is -0.486 e. The quantitative estimate of drug-likeness (QED) is 0.175. The van der Waals surface area contributed by atoms with Crippen LogP contribution in [0.25, 0.3) is 0 Å². The summed E-state index contributed by atoms with van der Waals surface area (Å²) in [5, 5.41) is 9.68. The number of esters is 1. The van der Waals surface area contributed by atoms with E-state index >= 15 is 0 Å². The Balaban J connectivity index is 1.19. The summed E-state index contributed by atoms with van der Waals surface area (Å²) in [4.78, 5) is 69.1. The van der Waals surface area contributed by atoms with Gasteiger partial charge in [-0.05, 0) is 115 Å². The van der Waals surface area contributed by atoms with Crippen molar-refractivity contribution in [1.29, 1.82) is 0 Å². The van der Waals surface area contributed by atoms with E-state index in [-0.39, 0.29) is 84.4 Å². The van der Waals surface area contributed by atoms with E-state index in [4.69, 9.17) is 28.3 Å². The second-order valence-corrected chi connectivity index (χ2v) is 19.5. The fourth-order valence-corrected chi connectivity index (χ4v) is 9.33. The second kappa shape index (κ2) is 15.3. The normalized spacial score (nSPS) is 27.8. The van der Waals surface area contributed by atoms with E-state index in [0.29, 0.717) is 30.1 Å². The molecule has 57 heavy (non-hydrogen) atoms. The minimum atomic E-state index is -1.20. The van der Waals surface area contributed by atoms with Gasteiger partial charge < -0.3 is 43.2 Å². The van der Waals surface area contributed by atoms with Crippen LogP contribution in [0.4, 0.5) is 9.59 Å². The molecule has 6 aliphatic rings. The van der Waals surface area contributed by atoms with Crippen LogP contribution in [0, 0.1) is 23.2 Å². The number of hydrogen-bond acceptors (Lipinski definition) is 11. The number of carbonyl (C=O) groups excluding carboxylic acids is 4. The van der Waals surface area contributed by atoms with Crippen LogP contribution in [0.1, 0.15) is 104 Å². The topological polar surface area (TPSA) is 171 Å². The first-order chi connectivity index (χ1) is 26.4. The lowest BCUT2D eigenvalue weighted by Crippen LogP contribution is -2.65. The number of amides is 3. The molecule has 1 N–H and O–H groups in total. The molecule has 3 amide bonds. The molecule has 0 radical (unpaired) electrons. The summed E-state index contributed by atoms with van der Waals surface area (Å²) in [6.07, 6.45) is 0.496. The maximum Gasteiger partial charge on any atom is 0.514 e. The van der Waals surface area contributed by atoms with Gasteiger partial charge in [0.25, 0.3) is 0 Å². The standard InChI is InChI=1S/C41H60BN3O12/c1-38(2,3)54-35(48)32-28(52-26-21-44(22-26)31(46)17-23-16-27(34(47)43(10)11)45(20-23)36(49)50)13-12-24(33(32)53-37(51)55-39(4,5)6)14-15-42-56-30-19-25-18-29(40(25,7)8)41(30,9)57-42/h12-13,23,25-27,29-30H,14-22H2,1-11H3,(H,49,50)/t23-,25+,27+,29+,30-,41+/m1/s1. The van der Waals surface area contributed by atoms with Crippen LogP contribution in [0.2, 0.25) is 6.32 Å². The molecular formula is C41H60BN3O12. The monoisotopic (exact) mass is 797 g/mol. The van der Waals surface area contributed by atoms with Gasteiger partial charge >= 0.3 is 25.3 Å². The smallest absolute Gasteiger partial charge is 0.486 e. The first kappa shape index (κ1) is 42.6. The van der Waals surface area contributed by atoms with Crippen molar-refractivity contribution in [1.82, 2.24) is 14.7 Å². The van der Waals surface area contributed by atoms with Gasteiger partial charge in [0, 0.05) is 27.1 Å². The average Bonchev–Trinajstić information content (AvgIpc) is 3.63. The number of carbonyl (C=O) groups is 5. The average molecular weight is 798 g/mol. The number of ether oxygens (including phenoxy) is 4. The first-order valence-corrected chi connectivity index (χ1v) is 20.1. The Hall–Kier alpha value is -4.05. The lowest BCUT2D eigenvalue weighted by molar-refractivity contribution is -0.199. The van der Waals surface area contributed by atoms with Crippen LogP contribution in [-0.2, 0) is 34.8 Å². The fraction of sp³-hybridized carbons (Fsp3) is 0.732. The van der Waals surface area contributed by atoms with Crippen molar-refractivity contribution in [2.45, 2.75) is 136 Å². The highest BCUT2D eigenvalue weighted by Crippen LogP contribution is 2.65. The summed E-state index contributed by atoms with van der Waals surface area (Å²) >= 11 is 0. The van der Waals surface area contributed by atoms with E-state index < -0.39 is 48.7 Å². The third-order valence-electron chi connectivity index (χ3n) is 12.3. The van der Waals surface area contributed by atoms with E-state index in [9.17, 15) is 29.1 Å². The molecule has 0 spiro atoms. The van der Waals surface area contributed by atoms with Crippen molar-refractivity contribution in [2.75, 3.05) is 33.7 Å². The highest BCUT2D eigenvalue weighted by molar-refractivity contribution is 6.45. The van der Waals surface area contributed by atoms with Crippen LogP contribution in [0.15, 0.2) is 12.1 Å². The van der Waals surface area contributed by atoms with Crippen LogP contribution < -0.4 is 9.47 Å². The van der Waals surface area contributed by atoms with Crippen molar-refractivity contribution in [3.63, 3.8) is 0 Å². The Morgan fingerprint density at radius 2 is 1.61 bits per heavy atom. The first-order valence-electron chi connectivity index (χ1n) is 20.1. The maximum atomic E-state index is 14.0. The molecule has 1 aromatic carbocycles. The molecule has 3 heterocycles. The van der Waals surface area contributed by atoms with Crippen molar-refractivity contribution < 1.29 is 57.3 Å². The van der Waals surface area contributed by atoms with E-state index in [0.717, 1.165) is 17.7 Å². The zero-order chi connectivity index (χ0) is 42.0. The molecule has 3 saturated carbocycles. The molecule has 15 nitrogen and oxygen atoms in total. The summed E-state index contributed by atoms with van der Waals surface area (Å²) < 4.78 is 36.7. The van der Waals surface area contributed by atoms with E-state index in [1.807, 2.05) is 0 Å². The SMILES string of the molecule is CN(C)C(=O)[C@@H]1C[C@H](CC(=O)N2CC(Oc3ccc(CCB4O[C@@H]5C[C@@H]6C[C@@H](C6(C)C)[C@]5(C)O4)c(OC(=O)OC(C)(C)C)c3C(=O)OC(C)(C)C)C2)CN1C(=O)O. The van der Waals surface area contributed by atoms with Crippen molar-refractivity contribution >= 4 is 37.2 Å². The van der Waals surface area contributed by atoms with Gasteiger partial charge in [-0.25, -0.2) is 14.4 Å². The number of nitrogens with zero attached hydrogens (tertiary/aromatic N) is 3. The fourth-order valence-electron chi connectivity index (χ4n) is 9.33. The summed E-state index contributed by atoms with van der Waals surface area (Å²) in [5.41, 5.74) is -1.51. The zero-order valence-electron chi connectivity index (χ0n) is 35.3. The van der Waals surface area contributed by atoms with Gasteiger partial charge in [0.1, 0.15) is 34.7 Å². The van der Waals surface area contributed by atoms with Gasteiger partial charge in [-0.15, -0.1) is 0 Å². The van der Waals surface area contributed by atoms with Gasteiger partial charge in [0.15, 0.2) is 5.75 Å². The highest BCUT2D eigenvalue weighted by atomic mass is 16.7. The number of likely N-dealkylation sites (N-methyl/N-ethyl adjacent to an activating group) is 1. The number of aryl methyl sites for hydroxylation is 1. The van der Waals surface area contributed by atoms with Crippen molar-refractivity contribution in [2.24, 2.45) is 23.2 Å². The highest BCUT2D eigenvalue weighted by Gasteiger charge is 2.67. The molecule has 314 valence electrons. The van der Waals surface area contributed by atoms with Crippen molar-refractivity contribution in [3.8, 4) is 11.5 Å².